The second-order valence-electron chi connectivity index (χ2n) is 6.05. The lowest BCUT2D eigenvalue weighted by Crippen LogP contribution is -2.20. The monoisotopic (exact) mass is 276 g/mol. The van der Waals surface area contributed by atoms with E-state index < -0.39 is 0 Å². The summed E-state index contributed by atoms with van der Waals surface area (Å²) in [6.45, 7) is 5.13. The van der Waals surface area contributed by atoms with Crippen molar-refractivity contribution in [3.63, 3.8) is 0 Å². The number of benzene rings is 1. The molecule has 2 nitrogen and oxygen atoms in total. The molecule has 1 aromatic carbocycles. The topological polar surface area (TPSA) is 29.5 Å². The van der Waals surface area contributed by atoms with E-state index in [0.717, 1.165) is 43.1 Å². The van der Waals surface area contributed by atoms with E-state index in [4.69, 9.17) is 4.74 Å². The van der Waals surface area contributed by atoms with Crippen molar-refractivity contribution in [2.75, 3.05) is 6.61 Å². The average Bonchev–Trinajstić information content (AvgIpc) is 2.53. The van der Waals surface area contributed by atoms with Crippen LogP contribution in [-0.2, 0) is 0 Å². The molecule has 2 heteroatoms. The molecule has 0 spiro atoms. The molecule has 1 N–H and O–H groups in total. The smallest absolute Gasteiger partial charge is 0.119 e. The Labute approximate surface area is 123 Å². The van der Waals surface area contributed by atoms with Crippen molar-refractivity contribution in [3.05, 3.63) is 29.8 Å². The third-order valence-electron chi connectivity index (χ3n) is 4.61. The van der Waals surface area contributed by atoms with Gasteiger partial charge in [-0.1, -0.05) is 45.2 Å². The third-order valence-corrected chi connectivity index (χ3v) is 4.61. The van der Waals surface area contributed by atoms with Crippen molar-refractivity contribution in [3.8, 4) is 5.75 Å². The third kappa shape index (κ3) is 3.99. The van der Waals surface area contributed by atoms with E-state index in [1.807, 2.05) is 24.3 Å². The minimum absolute atomic E-state index is 0.312. The fraction of sp³-hybridized carbons (Fsp3) is 0.667. The molecule has 0 amide bonds. The Balaban J connectivity index is 1.90. The molecule has 0 bridgehead atoms. The summed E-state index contributed by atoms with van der Waals surface area (Å²) < 4.78 is 5.58. The van der Waals surface area contributed by atoms with E-state index in [1.165, 1.54) is 19.3 Å². The first-order chi connectivity index (χ1) is 9.74. The quantitative estimate of drug-likeness (QED) is 0.814. The lowest BCUT2D eigenvalue weighted by atomic mass is 9.77. The van der Waals surface area contributed by atoms with Gasteiger partial charge >= 0.3 is 0 Å². The Morgan fingerprint density at radius 1 is 1.10 bits per heavy atom. The van der Waals surface area contributed by atoms with Crippen LogP contribution >= 0.6 is 0 Å². The zero-order chi connectivity index (χ0) is 14.4. The van der Waals surface area contributed by atoms with Crippen LogP contribution in [0.2, 0.25) is 0 Å². The number of aliphatic hydroxyl groups is 1. The van der Waals surface area contributed by atoms with E-state index in [9.17, 15) is 5.11 Å². The lowest BCUT2D eigenvalue weighted by Gasteiger charge is -2.31. The van der Waals surface area contributed by atoms with Gasteiger partial charge in [0.25, 0.3) is 0 Å². The summed E-state index contributed by atoms with van der Waals surface area (Å²) in [4.78, 5) is 0. The fourth-order valence-corrected chi connectivity index (χ4v) is 3.17. The molecule has 1 fully saturated rings. The van der Waals surface area contributed by atoms with E-state index in [1.54, 1.807) is 0 Å². The van der Waals surface area contributed by atoms with E-state index in [-0.39, 0.29) is 6.10 Å². The minimum atomic E-state index is -0.312. The maximum Gasteiger partial charge on any atom is 0.119 e. The standard InChI is InChI=1S/C18H28O2/c1-3-13-20-17-11-9-16(10-12-17)18(19)15-7-5-14(4-2)6-8-15/h9-12,14-15,18-19H,3-8,13H2,1-2H3. The molecule has 0 heterocycles. The SMILES string of the molecule is CCCOc1ccc(C(O)C2CCC(CC)CC2)cc1. The van der Waals surface area contributed by atoms with Gasteiger partial charge in [0.1, 0.15) is 5.75 Å². The normalized spacial score (nSPS) is 24.4. The number of hydrogen-bond donors (Lipinski definition) is 1. The Kier molecular flexibility index (Phi) is 5.90. The predicted octanol–water partition coefficient (Wildman–Crippen LogP) is 4.73. The zero-order valence-electron chi connectivity index (χ0n) is 12.8. The van der Waals surface area contributed by atoms with Crippen molar-refractivity contribution in [1.82, 2.24) is 0 Å². The molecule has 0 aliphatic heterocycles. The first kappa shape index (κ1) is 15.4. The highest BCUT2D eigenvalue weighted by atomic mass is 16.5. The van der Waals surface area contributed by atoms with Gasteiger partial charge in [-0.15, -0.1) is 0 Å². The van der Waals surface area contributed by atoms with Crippen LogP contribution in [-0.4, -0.2) is 11.7 Å². The molecule has 20 heavy (non-hydrogen) atoms. The molecule has 1 aromatic rings. The summed E-state index contributed by atoms with van der Waals surface area (Å²) in [5.41, 5.74) is 1.04. The second kappa shape index (κ2) is 7.68. The first-order valence-corrected chi connectivity index (χ1v) is 8.15. The second-order valence-corrected chi connectivity index (χ2v) is 6.05. The molecular weight excluding hydrogens is 248 g/mol. The van der Waals surface area contributed by atoms with Gasteiger partial charge in [-0.25, -0.2) is 0 Å². The van der Waals surface area contributed by atoms with E-state index >= 15 is 0 Å². The predicted molar refractivity (Wildman–Crippen MR) is 82.9 cm³/mol. The molecule has 0 aromatic heterocycles. The van der Waals surface area contributed by atoms with Gasteiger partial charge < -0.3 is 9.84 Å². The molecule has 1 aliphatic carbocycles. The van der Waals surface area contributed by atoms with Gasteiger partial charge in [0.05, 0.1) is 12.7 Å². The summed E-state index contributed by atoms with van der Waals surface area (Å²) in [7, 11) is 0. The Bertz CT molecular complexity index is 377. The molecule has 112 valence electrons. The maximum absolute atomic E-state index is 10.5. The van der Waals surface area contributed by atoms with Crippen molar-refractivity contribution in [2.24, 2.45) is 11.8 Å². The molecule has 1 atom stereocenters. The summed E-state index contributed by atoms with van der Waals surface area (Å²) >= 11 is 0. The van der Waals surface area contributed by atoms with Crippen LogP contribution in [0, 0.1) is 11.8 Å². The average molecular weight is 276 g/mol. The van der Waals surface area contributed by atoms with E-state index in [0.29, 0.717) is 5.92 Å². The highest BCUT2D eigenvalue weighted by molar-refractivity contribution is 5.28. The molecular formula is C18H28O2. The summed E-state index contributed by atoms with van der Waals surface area (Å²) in [6, 6.07) is 7.99. The van der Waals surface area contributed by atoms with E-state index in [2.05, 4.69) is 13.8 Å². The van der Waals surface area contributed by atoms with Crippen LogP contribution in [0.3, 0.4) is 0 Å². The van der Waals surface area contributed by atoms with Gasteiger partial charge in [-0.3, -0.25) is 0 Å². The van der Waals surface area contributed by atoms with Gasteiger partial charge in [0.2, 0.25) is 0 Å². The van der Waals surface area contributed by atoms with Crippen LogP contribution in [0.1, 0.15) is 64.0 Å². The van der Waals surface area contributed by atoms with Gasteiger partial charge in [0, 0.05) is 0 Å². The summed E-state index contributed by atoms with van der Waals surface area (Å²) in [5.74, 6) is 2.21. The summed E-state index contributed by atoms with van der Waals surface area (Å²) in [5, 5.41) is 10.5. The van der Waals surface area contributed by atoms with Crippen LogP contribution in [0.5, 0.6) is 5.75 Å². The Morgan fingerprint density at radius 3 is 2.30 bits per heavy atom. The molecule has 0 radical (unpaired) electrons. The van der Waals surface area contributed by atoms with Crippen LogP contribution in [0.4, 0.5) is 0 Å². The van der Waals surface area contributed by atoms with Crippen LogP contribution in [0.15, 0.2) is 24.3 Å². The number of aliphatic hydroxyl groups excluding tert-OH is 1. The number of ether oxygens (including phenoxy) is 1. The maximum atomic E-state index is 10.5. The van der Waals surface area contributed by atoms with Crippen LogP contribution in [0.25, 0.3) is 0 Å². The first-order valence-electron chi connectivity index (χ1n) is 8.15. The van der Waals surface area contributed by atoms with Gasteiger partial charge in [-0.2, -0.15) is 0 Å². The number of rotatable bonds is 6. The zero-order valence-corrected chi connectivity index (χ0v) is 12.8. The Morgan fingerprint density at radius 2 is 1.75 bits per heavy atom. The molecule has 1 aliphatic rings. The van der Waals surface area contributed by atoms with Crippen LogP contribution < -0.4 is 4.74 Å². The minimum Gasteiger partial charge on any atom is -0.494 e. The van der Waals surface area contributed by atoms with Gasteiger partial charge in [-0.05, 0) is 48.8 Å². The Hall–Kier alpha value is -1.02. The number of hydrogen-bond acceptors (Lipinski definition) is 2. The highest BCUT2D eigenvalue weighted by Gasteiger charge is 2.26. The molecule has 1 unspecified atom stereocenters. The largest absolute Gasteiger partial charge is 0.494 e. The fourth-order valence-electron chi connectivity index (χ4n) is 3.17. The lowest BCUT2D eigenvalue weighted by molar-refractivity contribution is 0.0729. The highest BCUT2D eigenvalue weighted by Crippen LogP contribution is 2.38. The van der Waals surface area contributed by atoms with Crippen molar-refractivity contribution < 1.29 is 9.84 Å². The molecule has 1 saturated carbocycles. The summed E-state index contributed by atoms with van der Waals surface area (Å²) in [6.07, 6.45) is 6.86. The van der Waals surface area contributed by atoms with Gasteiger partial charge in [0.15, 0.2) is 0 Å². The molecule has 2 rings (SSSR count). The van der Waals surface area contributed by atoms with Crippen molar-refractivity contribution in [1.29, 1.82) is 0 Å². The van der Waals surface area contributed by atoms with Crippen molar-refractivity contribution in [2.45, 2.75) is 58.5 Å². The van der Waals surface area contributed by atoms with Crippen molar-refractivity contribution >= 4 is 0 Å². The molecule has 0 saturated heterocycles.